The summed E-state index contributed by atoms with van der Waals surface area (Å²) in [5.41, 5.74) is 3.33. The van der Waals surface area contributed by atoms with Gasteiger partial charge in [0.05, 0.1) is 0 Å². The summed E-state index contributed by atoms with van der Waals surface area (Å²) in [6, 6.07) is 17.6. The van der Waals surface area contributed by atoms with Crippen molar-refractivity contribution in [1.29, 1.82) is 0 Å². The van der Waals surface area contributed by atoms with Crippen molar-refractivity contribution >= 4 is 34.0 Å². The normalized spacial score (nSPS) is 10.7. The van der Waals surface area contributed by atoms with Crippen LogP contribution in [0.15, 0.2) is 60.0 Å². The molecule has 3 rings (SSSR count). The smallest absolute Gasteiger partial charge is 0.275 e. The Morgan fingerprint density at radius 2 is 1.71 bits per heavy atom. The number of aryl methyl sites for hydroxylation is 1. The third kappa shape index (κ3) is 5.50. The van der Waals surface area contributed by atoms with Crippen LogP contribution in [-0.4, -0.2) is 16.8 Å². The highest BCUT2D eigenvalue weighted by Gasteiger charge is 2.13. The van der Waals surface area contributed by atoms with Crippen LogP contribution in [0.2, 0.25) is 0 Å². The molecule has 0 fully saturated rings. The predicted octanol–water partition coefficient (Wildman–Crippen LogP) is 5.09. The van der Waals surface area contributed by atoms with Crippen molar-refractivity contribution in [3.8, 4) is 0 Å². The maximum atomic E-state index is 12.4. The van der Waals surface area contributed by atoms with Crippen molar-refractivity contribution in [3.63, 3.8) is 0 Å². The van der Waals surface area contributed by atoms with Gasteiger partial charge in [-0.3, -0.25) is 9.59 Å². The van der Waals surface area contributed by atoms with E-state index < -0.39 is 0 Å². The first-order chi connectivity index (χ1) is 13.5. The fraction of sp³-hybridized carbons (Fsp3) is 0.227. The second-order valence-corrected chi connectivity index (χ2v) is 7.66. The molecule has 2 amide bonds. The Kier molecular flexibility index (Phi) is 6.55. The third-order valence-corrected chi connectivity index (χ3v) is 5.06. The molecule has 0 bridgehead atoms. The number of nitrogens with one attached hydrogen (secondary N) is 2. The molecule has 5 nitrogen and oxygen atoms in total. The van der Waals surface area contributed by atoms with Gasteiger partial charge in [0.25, 0.3) is 5.91 Å². The van der Waals surface area contributed by atoms with Gasteiger partial charge in [-0.25, -0.2) is 4.98 Å². The average Bonchev–Trinajstić information content (AvgIpc) is 3.16. The lowest BCUT2D eigenvalue weighted by Gasteiger charge is -2.07. The predicted molar refractivity (Wildman–Crippen MR) is 114 cm³/mol. The number of aromatic nitrogens is 1. The summed E-state index contributed by atoms with van der Waals surface area (Å²) < 4.78 is 0. The highest BCUT2D eigenvalue weighted by atomic mass is 32.1. The maximum absolute atomic E-state index is 12.4. The van der Waals surface area contributed by atoms with E-state index in [1.807, 2.05) is 54.6 Å². The fourth-order valence-corrected chi connectivity index (χ4v) is 3.37. The average molecular weight is 394 g/mol. The van der Waals surface area contributed by atoms with Crippen LogP contribution >= 0.6 is 11.3 Å². The first-order valence-electron chi connectivity index (χ1n) is 9.22. The molecule has 0 saturated carbocycles. The summed E-state index contributed by atoms with van der Waals surface area (Å²) in [7, 11) is 0. The van der Waals surface area contributed by atoms with Crippen LogP contribution in [0.4, 0.5) is 10.8 Å². The van der Waals surface area contributed by atoms with Gasteiger partial charge < -0.3 is 10.6 Å². The van der Waals surface area contributed by atoms with E-state index >= 15 is 0 Å². The first kappa shape index (κ1) is 19.8. The molecular weight excluding hydrogens is 370 g/mol. The Morgan fingerprint density at radius 3 is 2.39 bits per heavy atom. The zero-order valence-corrected chi connectivity index (χ0v) is 16.8. The van der Waals surface area contributed by atoms with Crippen LogP contribution in [0.1, 0.15) is 47.8 Å². The topological polar surface area (TPSA) is 71.1 Å². The van der Waals surface area contributed by atoms with Gasteiger partial charge in [0.1, 0.15) is 5.69 Å². The summed E-state index contributed by atoms with van der Waals surface area (Å²) in [6.45, 7) is 4.25. The number of carbonyl (C=O) groups is 2. The van der Waals surface area contributed by atoms with Crippen LogP contribution in [0.3, 0.4) is 0 Å². The van der Waals surface area contributed by atoms with E-state index in [0.717, 1.165) is 11.3 Å². The van der Waals surface area contributed by atoms with Crippen molar-refractivity contribution < 1.29 is 9.59 Å². The van der Waals surface area contributed by atoms with E-state index in [9.17, 15) is 9.59 Å². The standard InChI is InChI=1S/C22H23N3O2S/c1-15(2)17-9-11-18(12-10-17)23-21(27)19-14-28-22(24-19)25-20(26)13-8-16-6-4-3-5-7-16/h3-7,9-12,14-15H,8,13H2,1-2H3,(H,23,27)(H,24,25,26). The van der Waals surface area contributed by atoms with Gasteiger partial charge >= 0.3 is 0 Å². The molecule has 0 unspecified atom stereocenters. The largest absolute Gasteiger partial charge is 0.321 e. The summed E-state index contributed by atoms with van der Waals surface area (Å²) >= 11 is 1.24. The van der Waals surface area contributed by atoms with Crippen molar-refractivity contribution in [3.05, 3.63) is 76.8 Å². The lowest BCUT2D eigenvalue weighted by Crippen LogP contribution is -2.14. The summed E-state index contributed by atoms with van der Waals surface area (Å²) in [5.74, 6) is 0.0316. The van der Waals surface area contributed by atoms with Crippen LogP contribution in [0.5, 0.6) is 0 Å². The van der Waals surface area contributed by atoms with Gasteiger partial charge in [-0.05, 0) is 35.6 Å². The Hall–Kier alpha value is -2.99. The molecule has 2 N–H and O–H groups in total. The third-order valence-electron chi connectivity index (χ3n) is 4.30. The van der Waals surface area contributed by atoms with Crippen LogP contribution in [-0.2, 0) is 11.2 Å². The van der Waals surface area contributed by atoms with Crippen molar-refractivity contribution in [2.75, 3.05) is 10.6 Å². The number of anilines is 2. The summed E-state index contributed by atoms with van der Waals surface area (Å²) in [6.07, 6.45) is 1.03. The van der Waals surface area contributed by atoms with Crippen molar-refractivity contribution in [1.82, 2.24) is 4.98 Å². The molecule has 6 heteroatoms. The fourth-order valence-electron chi connectivity index (χ4n) is 2.67. The highest BCUT2D eigenvalue weighted by molar-refractivity contribution is 7.14. The second kappa shape index (κ2) is 9.28. The van der Waals surface area contributed by atoms with Gasteiger partial charge in [-0.1, -0.05) is 56.3 Å². The molecule has 1 heterocycles. The van der Waals surface area contributed by atoms with E-state index in [0.29, 0.717) is 23.9 Å². The van der Waals surface area contributed by atoms with Crippen LogP contribution < -0.4 is 10.6 Å². The van der Waals surface area contributed by atoms with Gasteiger partial charge in [-0.2, -0.15) is 0 Å². The molecule has 0 saturated heterocycles. The Morgan fingerprint density at radius 1 is 1.00 bits per heavy atom. The van der Waals surface area contributed by atoms with E-state index in [-0.39, 0.29) is 17.5 Å². The minimum atomic E-state index is -0.293. The molecule has 0 spiro atoms. The molecule has 3 aromatic rings. The second-order valence-electron chi connectivity index (χ2n) is 6.80. The van der Waals surface area contributed by atoms with Crippen LogP contribution in [0.25, 0.3) is 0 Å². The molecule has 144 valence electrons. The van der Waals surface area contributed by atoms with E-state index in [1.165, 1.54) is 16.9 Å². The van der Waals surface area contributed by atoms with E-state index in [1.54, 1.807) is 5.38 Å². The zero-order chi connectivity index (χ0) is 19.9. The number of thiazole rings is 1. The number of nitrogens with zero attached hydrogens (tertiary/aromatic N) is 1. The molecule has 0 aliphatic heterocycles. The number of rotatable bonds is 7. The van der Waals surface area contributed by atoms with Gasteiger partial charge in [0, 0.05) is 17.5 Å². The molecule has 0 aliphatic carbocycles. The number of hydrogen-bond acceptors (Lipinski definition) is 4. The minimum Gasteiger partial charge on any atom is -0.321 e. The van der Waals surface area contributed by atoms with Crippen LogP contribution in [0, 0.1) is 0 Å². The quantitative estimate of drug-likeness (QED) is 0.587. The van der Waals surface area contributed by atoms with Gasteiger partial charge in [0.15, 0.2) is 5.13 Å². The molecule has 2 aromatic carbocycles. The summed E-state index contributed by atoms with van der Waals surface area (Å²) in [5, 5.41) is 7.66. The molecule has 28 heavy (non-hydrogen) atoms. The minimum absolute atomic E-state index is 0.116. The summed E-state index contributed by atoms with van der Waals surface area (Å²) in [4.78, 5) is 28.7. The number of carbonyl (C=O) groups excluding carboxylic acids is 2. The number of hydrogen-bond donors (Lipinski definition) is 2. The first-order valence-corrected chi connectivity index (χ1v) is 10.1. The van der Waals surface area contributed by atoms with Gasteiger partial charge in [-0.15, -0.1) is 11.3 Å². The molecule has 0 radical (unpaired) electrons. The number of benzene rings is 2. The Bertz CT molecular complexity index is 934. The van der Waals surface area contributed by atoms with E-state index in [4.69, 9.17) is 0 Å². The molecule has 1 aromatic heterocycles. The molecule has 0 aliphatic rings. The lowest BCUT2D eigenvalue weighted by molar-refractivity contribution is -0.116. The monoisotopic (exact) mass is 393 g/mol. The maximum Gasteiger partial charge on any atom is 0.275 e. The number of amides is 2. The lowest BCUT2D eigenvalue weighted by atomic mass is 10.0. The Balaban J connectivity index is 1.52. The SMILES string of the molecule is CC(C)c1ccc(NC(=O)c2csc(NC(=O)CCc3ccccc3)n2)cc1. The van der Waals surface area contributed by atoms with Crippen molar-refractivity contribution in [2.24, 2.45) is 0 Å². The van der Waals surface area contributed by atoms with E-state index in [2.05, 4.69) is 29.5 Å². The highest BCUT2D eigenvalue weighted by Crippen LogP contribution is 2.20. The molecule has 0 atom stereocenters. The Labute approximate surface area is 168 Å². The van der Waals surface area contributed by atoms with Gasteiger partial charge in [0.2, 0.25) is 5.91 Å². The zero-order valence-electron chi connectivity index (χ0n) is 15.9. The molecular formula is C22H23N3O2S. The van der Waals surface area contributed by atoms with Crippen molar-refractivity contribution in [2.45, 2.75) is 32.6 Å².